The van der Waals surface area contributed by atoms with Crippen LogP contribution in [0, 0.1) is 5.92 Å². The van der Waals surface area contributed by atoms with E-state index in [4.69, 9.17) is 10.5 Å². The molecule has 2 aromatic carbocycles. The maximum Gasteiger partial charge on any atom is 0.407 e. The SMILES string of the molecule is CC(C)[C@H](NC(=O)[C@H](C)N)C(=O)N[C@@H](Cc1ccccc1)[C@H](O)CNC[C@@H](O)[C@H](Cc1ccccc1)NC(=O)OC(C)(C)C. The molecule has 0 unspecified atom stereocenters. The summed E-state index contributed by atoms with van der Waals surface area (Å²) in [5, 5.41) is 33.8. The lowest BCUT2D eigenvalue weighted by Crippen LogP contribution is -2.58. The Kier molecular flexibility index (Phi) is 14.8. The van der Waals surface area contributed by atoms with Crippen molar-refractivity contribution in [2.75, 3.05) is 13.1 Å². The van der Waals surface area contributed by atoms with Gasteiger partial charge in [-0.05, 0) is 57.6 Å². The van der Waals surface area contributed by atoms with Crippen LogP contribution in [0.5, 0.6) is 0 Å². The number of carbonyl (C=O) groups is 3. The van der Waals surface area contributed by atoms with E-state index in [-0.39, 0.29) is 19.0 Å². The third-order valence-corrected chi connectivity index (χ3v) is 6.92. The van der Waals surface area contributed by atoms with Crippen LogP contribution < -0.4 is 27.0 Å². The highest BCUT2D eigenvalue weighted by Crippen LogP contribution is 2.12. The van der Waals surface area contributed by atoms with Crippen molar-refractivity contribution >= 4 is 17.9 Å². The lowest BCUT2D eigenvalue weighted by molar-refractivity contribution is -0.131. The third kappa shape index (κ3) is 13.4. The van der Waals surface area contributed by atoms with Gasteiger partial charge in [-0.1, -0.05) is 74.5 Å². The number of nitrogens with one attached hydrogen (secondary N) is 4. The second kappa shape index (κ2) is 17.7. The highest BCUT2D eigenvalue weighted by Gasteiger charge is 2.30. The van der Waals surface area contributed by atoms with Crippen molar-refractivity contribution in [2.24, 2.45) is 11.7 Å². The van der Waals surface area contributed by atoms with E-state index in [9.17, 15) is 24.6 Å². The molecule has 0 saturated heterocycles. The number of nitrogens with two attached hydrogens (primary N) is 1. The Labute approximate surface area is 261 Å². The van der Waals surface area contributed by atoms with Crippen LogP contribution in [-0.2, 0) is 27.2 Å². The van der Waals surface area contributed by atoms with Gasteiger partial charge in [-0.2, -0.15) is 0 Å². The molecule has 8 N–H and O–H groups in total. The fourth-order valence-corrected chi connectivity index (χ4v) is 4.52. The molecule has 3 amide bonds. The number of alkyl carbamates (subject to hydrolysis) is 1. The lowest BCUT2D eigenvalue weighted by Gasteiger charge is -2.30. The predicted molar refractivity (Wildman–Crippen MR) is 171 cm³/mol. The van der Waals surface area contributed by atoms with Crippen LogP contribution in [-0.4, -0.2) is 83.2 Å². The van der Waals surface area contributed by atoms with Crippen LogP contribution in [0.2, 0.25) is 0 Å². The summed E-state index contributed by atoms with van der Waals surface area (Å²) >= 11 is 0. The summed E-state index contributed by atoms with van der Waals surface area (Å²) in [6.45, 7) is 10.5. The first-order chi connectivity index (χ1) is 20.7. The number of carbonyl (C=O) groups excluding carboxylic acids is 3. The minimum atomic E-state index is -1.05. The monoisotopic (exact) mass is 613 g/mol. The van der Waals surface area contributed by atoms with E-state index in [1.54, 1.807) is 27.7 Å². The molecule has 0 heterocycles. The number of hydrogen-bond donors (Lipinski definition) is 7. The third-order valence-electron chi connectivity index (χ3n) is 6.92. The Morgan fingerprint density at radius 2 is 1.20 bits per heavy atom. The van der Waals surface area contributed by atoms with Gasteiger partial charge in [0.15, 0.2) is 0 Å². The fraction of sp³-hybridized carbons (Fsp3) is 0.545. The topological polar surface area (TPSA) is 175 Å². The number of amides is 3. The molecule has 0 saturated carbocycles. The minimum absolute atomic E-state index is 0.0396. The molecular weight excluding hydrogens is 562 g/mol. The molecule has 2 rings (SSSR count). The van der Waals surface area contributed by atoms with E-state index in [1.807, 2.05) is 74.5 Å². The first-order valence-corrected chi connectivity index (χ1v) is 15.2. The molecule has 0 fully saturated rings. The average Bonchev–Trinajstić information content (AvgIpc) is 2.94. The van der Waals surface area contributed by atoms with Crippen molar-refractivity contribution in [3.8, 4) is 0 Å². The lowest BCUT2D eigenvalue weighted by atomic mass is 9.98. The maximum atomic E-state index is 13.3. The van der Waals surface area contributed by atoms with Crippen LogP contribution in [0.4, 0.5) is 4.79 Å². The summed E-state index contributed by atoms with van der Waals surface area (Å²) in [7, 11) is 0. The fourth-order valence-electron chi connectivity index (χ4n) is 4.52. The van der Waals surface area contributed by atoms with Gasteiger partial charge in [0.05, 0.1) is 30.3 Å². The van der Waals surface area contributed by atoms with Gasteiger partial charge in [-0.3, -0.25) is 9.59 Å². The molecule has 0 aliphatic carbocycles. The molecular formula is C33H51N5O6. The number of aliphatic hydroxyl groups excluding tert-OH is 2. The van der Waals surface area contributed by atoms with E-state index in [0.29, 0.717) is 12.8 Å². The summed E-state index contributed by atoms with van der Waals surface area (Å²) in [5.41, 5.74) is 6.82. The Morgan fingerprint density at radius 1 is 0.750 bits per heavy atom. The average molecular weight is 614 g/mol. The second-order valence-electron chi connectivity index (χ2n) is 12.6. The molecule has 0 spiro atoms. The number of ether oxygens (including phenoxy) is 1. The summed E-state index contributed by atoms with van der Waals surface area (Å²) in [6, 6.07) is 15.9. The van der Waals surface area contributed by atoms with Crippen molar-refractivity contribution in [3.05, 3.63) is 71.8 Å². The van der Waals surface area contributed by atoms with E-state index in [2.05, 4.69) is 21.3 Å². The Hall–Kier alpha value is -3.51. The zero-order chi connectivity index (χ0) is 32.9. The molecule has 6 atom stereocenters. The van der Waals surface area contributed by atoms with Crippen LogP contribution in [0.3, 0.4) is 0 Å². The van der Waals surface area contributed by atoms with Gasteiger partial charge in [0, 0.05) is 13.1 Å². The van der Waals surface area contributed by atoms with Gasteiger partial charge in [0.1, 0.15) is 11.6 Å². The molecule has 2 aromatic rings. The number of hydrogen-bond acceptors (Lipinski definition) is 8. The number of benzene rings is 2. The predicted octanol–water partition coefficient (Wildman–Crippen LogP) is 1.65. The molecule has 0 bridgehead atoms. The quantitative estimate of drug-likeness (QED) is 0.150. The Balaban J connectivity index is 2.11. The second-order valence-corrected chi connectivity index (χ2v) is 12.6. The van der Waals surface area contributed by atoms with Crippen molar-refractivity contribution in [2.45, 2.75) is 96.4 Å². The number of aliphatic hydroxyl groups is 2. The summed E-state index contributed by atoms with van der Waals surface area (Å²) in [5.74, 6) is -1.10. The van der Waals surface area contributed by atoms with E-state index >= 15 is 0 Å². The smallest absolute Gasteiger partial charge is 0.407 e. The first kappa shape index (κ1) is 36.7. The highest BCUT2D eigenvalue weighted by molar-refractivity contribution is 5.89. The molecule has 0 aliphatic heterocycles. The zero-order valence-electron chi connectivity index (χ0n) is 26.7. The van der Waals surface area contributed by atoms with E-state index < -0.39 is 59.9 Å². The summed E-state index contributed by atoms with van der Waals surface area (Å²) < 4.78 is 5.40. The van der Waals surface area contributed by atoms with Crippen molar-refractivity contribution in [1.29, 1.82) is 0 Å². The standard InChI is InChI=1S/C33H51N5O6/c1-21(2)29(38-30(41)22(3)34)31(42)36-25(17-23-13-9-7-10-14-23)27(39)19-35-20-28(40)26(18-24-15-11-8-12-16-24)37-32(43)44-33(4,5)6/h7-16,21-22,25-29,35,39-40H,17-20,34H2,1-6H3,(H,36,42)(H,37,43)(H,38,41)/t22-,25-,26-,27+,28+,29-/m0/s1. The molecule has 0 aliphatic rings. The van der Waals surface area contributed by atoms with Gasteiger partial charge in [-0.15, -0.1) is 0 Å². The van der Waals surface area contributed by atoms with E-state index in [0.717, 1.165) is 11.1 Å². The Bertz CT molecular complexity index is 1160. The molecule has 11 heteroatoms. The molecule has 11 nitrogen and oxygen atoms in total. The van der Waals surface area contributed by atoms with Crippen LogP contribution in [0.25, 0.3) is 0 Å². The first-order valence-electron chi connectivity index (χ1n) is 15.2. The molecule has 244 valence electrons. The normalized spacial score (nSPS) is 15.8. The highest BCUT2D eigenvalue weighted by atomic mass is 16.6. The maximum absolute atomic E-state index is 13.3. The largest absolute Gasteiger partial charge is 0.444 e. The zero-order valence-corrected chi connectivity index (χ0v) is 26.7. The minimum Gasteiger partial charge on any atom is -0.444 e. The van der Waals surface area contributed by atoms with Crippen LogP contribution in [0.15, 0.2) is 60.7 Å². The molecule has 0 radical (unpaired) electrons. The van der Waals surface area contributed by atoms with Crippen LogP contribution in [0.1, 0.15) is 52.7 Å². The summed E-state index contributed by atoms with van der Waals surface area (Å²) in [6.07, 6.45) is -2.01. The molecule has 0 aromatic heterocycles. The molecule has 44 heavy (non-hydrogen) atoms. The van der Waals surface area contributed by atoms with Crippen molar-refractivity contribution < 1.29 is 29.3 Å². The van der Waals surface area contributed by atoms with Gasteiger partial charge in [0.25, 0.3) is 0 Å². The van der Waals surface area contributed by atoms with Gasteiger partial charge in [-0.25, -0.2) is 4.79 Å². The van der Waals surface area contributed by atoms with Gasteiger partial charge < -0.3 is 42.0 Å². The van der Waals surface area contributed by atoms with Crippen molar-refractivity contribution in [3.63, 3.8) is 0 Å². The summed E-state index contributed by atoms with van der Waals surface area (Å²) in [4.78, 5) is 38.1. The Morgan fingerprint density at radius 3 is 1.61 bits per heavy atom. The van der Waals surface area contributed by atoms with E-state index in [1.165, 1.54) is 0 Å². The van der Waals surface area contributed by atoms with Gasteiger partial charge in [0.2, 0.25) is 11.8 Å². The van der Waals surface area contributed by atoms with Crippen molar-refractivity contribution in [1.82, 2.24) is 21.3 Å². The number of rotatable bonds is 16. The van der Waals surface area contributed by atoms with Crippen LogP contribution >= 0.6 is 0 Å². The van der Waals surface area contributed by atoms with Gasteiger partial charge >= 0.3 is 6.09 Å².